The van der Waals surface area contributed by atoms with Crippen molar-refractivity contribution < 1.29 is 29.3 Å². The number of aromatic hydroxyl groups is 2. The van der Waals surface area contributed by atoms with Crippen molar-refractivity contribution in [2.45, 2.75) is 65.9 Å². The van der Waals surface area contributed by atoms with E-state index in [-0.39, 0.29) is 41.6 Å². The molecule has 0 bridgehead atoms. The smallest absolute Gasteiger partial charge is 0.305 e. The van der Waals surface area contributed by atoms with E-state index < -0.39 is 12.1 Å². The monoisotopic (exact) mass is 454 g/mol. The summed E-state index contributed by atoms with van der Waals surface area (Å²) >= 11 is 0. The molecule has 3 rings (SSSR count). The predicted octanol–water partition coefficient (Wildman–Crippen LogP) is 4.98. The third-order valence-corrected chi connectivity index (χ3v) is 6.73. The molecule has 6 heteroatoms. The van der Waals surface area contributed by atoms with Crippen LogP contribution in [0.4, 0.5) is 0 Å². The highest BCUT2D eigenvalue weighted by atomic mass is 16.5. The molecule has 0 heterocycles. The Morgan fingerprint density at radius 3 is 1.91 bits per heavy atom. The number of esters is 2. The molecule has 0 amide bonds. The highest BCUT2D eigenvalue weighted by Crippen LogP contribution is 2.51. The summed E-state index contributed by atoms with van der Waals surface area (Å²) in [5, 5.41) is 22.1. The second-order valence-corrected chi connectivity index (χ2v) is 9.44. The third-order valence-electron chi connectivity index (χ3n) is 6.73. The molecule has 2 N–H and O–H groups in total. The Morgan fingerprint density at radius 2 is 1.45 bits per heavy atom. The van der Waals surface area contributed by atoms with E-state index in [1.165, 1.54) is 14.0 Å². The van der Waals surface area contributed by atoms with Crippen molar-refractivity contribution in [3.05, 3.63) is 57.6 Å². The van der Waals surface area contributed by atoms with Gasteiger partial charge in [-0.1, -0.05) is 35.4 Å². The number of hydrogen-bond acceptors (Lipinski definition) is 6. The zero-order chi connectivity index (χ0) is 24.4. The Morgan fingerprint density at radius 1 is 0.939 bits per heavy atom. The first-order valence-electron chi connectivity index (χ1n) is 11.4. The van der Waals surface area contributed by atoms with Gasteiger partial charge in [0.25, 0.3) is 0 Å². The van der Waals surface area contributed by atoms with Gasteiger partial charge in [0, 0.05) is 29.9 Å². The topological polar surface area (TPSA) is 93.1 Å². The first kappa shape index (κ1) is 24.6. The third kappa shape index (κ3) is 5.32. The number of rotatable bonds is 6. The van der Waals surface area contributed by atoms with Crippen LogP contribution in [0.15, 0.2) is 24.3 Å². The van der Waals surface area contributed by atoms with Gasteiger partial charge in [0.05, 0.1) is 13.5 Å². The lowest BCUT2D eigenvalue weighted by molar-refractivity contribution is -0.151. The molecule has 0 radical (unpaired) electrons. The van der Waals surface area contributed by atoms with E-state index in [9.17, 15) is 19.8 Å². The molecule has 1 fully saturated rings. The minimum Gasteiger partial charge on any atom is -0.507 e. The van der Waals surface area contributed by atoms with Crippen molar-refractivity contribution in [1.82, 2.24) is 0 Å². The maximum atomic E-state index is 12.1. The molecule has 0 aromatic heterocycles. The van der Waals surface area contributed by atoms with E-state index in [2.05, 4.69) is 0 Å². The zero-order valence-corrected chi connectivity index (χ0v) is 20.3. The predicted molar refractivity (Wildman–Crippen MR) is 125 cm³/mol. The lowest BCUT2D eigenvalue weighted by Gasteiger charge is -2.28. The van der Waals surface area contributed by atoms with Crippen LogP contribution < -0.4 is 0 Å². The minimum atomic E-state index is -0.435. The molecule has 33 heavy (non-hydrogen) atoms. The molecule has 3 unspecified atom stereocenters. The van der Waals surface area contributed by atoms with Crippen molar-refractivity contribution in [2.75, 3.05) is 7.11 Å². The number of ether oxygens (including phenoxy) is 2. The van der Waals surface area contributed by atoms with Crippen LogP contribution in [0.1, 0.15) is 65.5 Å². The normalized spacial score (nSPS) is 20.2. The summed E-state index contributed by atoms with van der Waals surface area (Å²) in [6.07, 6.45) is 0.826. The van der Waals surface area contributed by atoms with Crippen molar-refractivity contribution in [1.29, 1.82) is 0 Å². The fourth-order valence-electron chi connectivity index (χ4n) is 5.40. The van der Waals surface area contributed by atoms with Crippen LogP contribution in [0.25, 0.3) is 0 Å². The summed E-state index contributed by atoms with van der Waals surface area (Å²) in [6.45, 7) is 9.04. The standard InChI is InChI=1S/C27H34O6/c1-14-7-16(3)26(30)21(9-14)25(22-10-15(2)8-17(4)27(22)31)20-11-19(13-24(29)32-6)23(12-20)33-18(5)28/h7-10,19-20,23,25,30-31H,11-13H2,1-6H3. The van der Waals surface area contributed by atoms with Crippen molar-refractivity contribution in [2.24, 2.45) is 11.8 Å². The molecule has 1 aliphatic rings. The minimum absolute atomic E-state index is 0.0665. The van der Waals surface area contributed by atoms with E-state index in [1.54, 1.807) is 0 Å². The number of carbonyl (C=O) groups excluding carboxylic acids is 2. The van der Waals surface area contributed by atoms with E-state index in [4.69, 9.17) is 9.47 Å². The van der Waals surface area contributed by atoms with Gasteiger partial charge in [0.15, 0.2) is 0 Å². The Kier molecular flexibility index (Phi) is 7.35. The average molecular weight is 455 g/mol. The van der Waals surface area contributed by atoms with Gasteiger partial charge in [-0.3, -0.25) is 9.59 Å². The molecule has 3 atom stereocenters. The van der Waals surface area contributed by atoms with Crippen LogP contribution >= 0.6 is 0 Å². The van der Waals surface area contributed by atoms with Gasteiger partial charge in [0.1, 0.15) is 17.6 Å². The maximum Gasteiger partial charge on any atom is 0.305 e. The number of phenolic OH excluding ortho intramolecular Hbond substituents is 2. The quantitative estimate of drug-likeness (QED) is 0.598. The summed E-state index contributed by atoms with van der Waals surface area (Å²) in [6, 6.07) is 7.76. The first-order chi connectivity index (χ1) is 15.5. The average Bonchev–Trinajstić information content (AvgIpc) is 3.10. The highest BCUT2D eigenvalue weighted by Gasteiger charge is 2.43. The largest absolute Gasteiger partial charge is 0.507 e. The van der Waals surface area contributed by atoms with Crippen LogP contribution in [-0.4, -0.2) is 35.4 Å². The van der Waals surface area contributed by atoms with Gasteiger partial charge in [0.2, 0.25) is 0 Å². The lowest BCUT2D eigenvalue weighted by atomic mass is 9.76. The van der Waals surface area contributed by atoms with E-state index in [0.29, 0.717) is 12.8 Å². The van der Waals surface area contributed by atoms with Crippen molar-refractivity contribution in [3.63, 3.8) is 0 Å². The molecule has 1 aliphatic carbocycles. The summed E-state index contributed by atoms with van der Waals surface area (Å²) < 4.78 is 10.5. The molecule has 2 aromatic rings. The lowest BCUT2D eigenvalue weighted by Crippen LogP contribution is -2.23. The number of carbonyl (C=O) groups is 2. The molecule has 1 saturated carbocycles. The summed E-state index contributed by atoms with van der Waals surface area (Å²) in [5.41, 5.74) is 5.01. The first-order valence-corrected chi connectivity index (χ1v) is 11.4. The van der Waals surface area contributed by atoms with Crippen LogP contribution in [0.2, 0.25) is 0 Å². The summed E-state index contributed by atoms with van der Waals surface area (Å²) in [7, 11) is 1.35. The van der Waals surface area contributed by atoms with E-state index in [0.717, 1.165) is 33.4 Å². The summed E-state index contributed by atoms with van der Waals surface area (Å²) in [5.74, 6) is -0.941. The highest BCUT2D eigenvalue weighted by molar-refractivity contribution is 5.70. The van der Waals surface area contributed by atoms with Gasteiger partial charge >= 0.3 is 11.9 Å². The number of phenols is 2. The zero-order valence-electron chi connectivity index (χ0n) is 20.3. The maximum absolute atomic E-state index is 12.1. The van der Waals surface area contributed by atoms with Crippen molar-refractivity contribution >= 4 is 11.9 Å². The molecule has 178 valence electrons. The van der Waals surface area contributed by atoms with Crippen LogP contribution in [0.5, 0.6) is 11.5 Å². The molecular weight excluding hydrogens is 420 g/mol. The van der Waals surface area contributed by atoms with Crippen LogP contribution in [0, 0.1) is 39.5 Å². The van der Waals surface area contributed by atoms with Crippen LogP contribution in [-0.2, 0) is 19.1 Å². The van der Waals surface area contributed by atoms with Gasteiger partial charge in [-0.15, -0.1) is 0 Å². The number of methoxy groups -OCH3 is 1. The van der Waals surface area contributed by atoms with Gasteiger partial charge in [-0.2, -0.15) is 0 Å². The Hall–Kier alpha value is -3.02. The van der Waals surface area contributed by atoms with E-state index >= 15 is 0 Å². The Labute approximate surface area is 195 Å². The van der Waals surface area contributed by atoms with Gasteiger partial charge in [-0.05, 0) is 57.6 Å². The fraction of sp³-hybridized carbons (Fsp3) is 0.481. The second kappa shape index (κ2) is 9.86. The molecular formula is C27H34O6. The molecule has 0 spiro atoms. The number of aryl methyl sites for hydroxylation is 4. The van der Waals surface area contributed by atoms with Gasteiger partial charge in [-0.25, -0.2) is 0 Å². The fourth-order valence-corrected chi connectivity index (χ4v) is 5.40. The van der Waals surface area contributed by atoms with Crippen molar-refractivity contribution in [3.8, 4) is 11.5 Å². The van der Waals surface area contributed by atoms with E-state index in [1.807, 2.05) is 52.0 Å². The second-order valence-electron chi connectivity index (χ2n) is 9.44. The Balaban J connectivity index is 2.14. The number of hydrogen-bond donors (Lipinski definition) is 2. The SMILES string of the molecule is COC(=O)CC1CC(C(c2cc(C)cc(C)c2O)c2cc(C)cc(C)c2O)CC1OC(C)=O. The molecule has 0 saturated heterocycles. The molecule has 6 nitrogen and oxygen atoms in total. The molecule has 0 aliphatic heterocycles. The summed E-state index contributed by atoms with van der Waals surface area (Å²) in [4.78, 5) is 23.8. The Bertz CT molecular complexity index is 1000. The molecule has 2 aromatic carbocycles. The van der Waals surface area contributed by atoms with Crippen LogP contribution in [0.3, 0.4) is 0 Å². The number of benzene rings is 2. The van der Waals surface area contributed by atoms with Gasteiger partial charge < -0.3 is 19.7 Å².